The summed E-state index contributed by atoms with van der Waals surface area (Å²) in [7, 11) is -3.66. The Morgan fingerprint density at radius 3 is 2.41 bits per heavy atom. The lowest BCUT2D eigenvalue weighted by Crippen LogP contribution is -2.23. The summed E-state index contributed by atoms with van der Waals surface area (Å²) in [6, 6.07) is 2.51. The highest BCUT2D eigenvalue weighted by molar-refractivity contribution is 7.89. The zero-order valence-electron chi connectivity index (χ0n) is 9.85. The van der Waals surface area contributed by atoms with Crippen molar-refractivity contribution < 1.29 is 13.3 Å². The Morgan fingerprint density at radius 1 is 1.35 bits per heavy atom. The molecule has 7 heteroatoms. The average Bonchev–Trinajstić information content (AvgIpc) is 2.21. The van der Waals surface area contributed by atoms with Crippen molar-refractivity contribution in [3.8, 4) is 0 Å². The smallest absolute Gasteiger partial charge is 0.258 e. The fourth-order valence-corrected chi connectivity index (χ4v) is 2.57. The quantitative estimate of drug-likeness (QED) is 0.654. The summed E-state index contributed by atoms with van der Waals surface area (Å²) in [6.45, 7) is 5.13. The topological polar surface area (TPSA) is 89.3 Å². The SMILES string of the molecule is CCNS(=O)(=O)c1cc(C)c(C)c([N+](=O)[O-])c1. The molecule has 0 amide bonds. The fourth-order valence-electron chi connectivity index (χ4n) is 1.43. The summed E-state index contributed by atoms with van der Waals surface area (Å²) < 4.78 is 25.8. The van der Waals surface area contributed by atoms with E-state index >= 15 is 0 Å². The molecule has 0 fully saturated rings. The average molecular weight is 258 g/mol. The Morgan fingerprint density at radius 2 is 1.94 bits per heavy atom. The van der Waals surface area contributed by atoms with Crippen LogP contribution in [-0.4, -0.2) is 19.9 Å². The molecule has 0 aliphatic carbocycles. The van der Waals surface area contributed by atoms with Crippen LogP contribution in [0.25, 0.3) is 0 Å². The van der Waals surface area contributed by atoms with Crippen LogP contribution < -0.4 is 4.72 Å². The number of hydrogen-bond acceptors (Lipinski definition) is 4. The summed E-state index contributed by atoms with van der Waals surface area (Å²) >= 11 is 0. The second-order valence-corrected chi connectivity index (χ2v) is 5.41. The highest BCUT2D eigenvalue weighted by atomic mass is 32.2. The van der Waals surface area contributed by atoms with Gasteiger partial charge in [0.25, 0.3) is 5.69 Å². The first kappa shape index (κ1) is 13.6. The van der Waals surface area contributed by atoms with Crippen LogP contribution in [0, 0.1) is 24.0 Å². The van der Waals surface area contributed by atoms with Crippen molar-refractivity contribution in [3.05, 3.63) is 33.4 Å². The van der Waals surface area contributed by atoms with Gasteiger partial charge < -0.3 is 0 Å². The summed E-state index contributed by atoms with van der Waals surface area (Å²) in [6.07, 6.45) is 0. The molecular formula is C10H14N2O4S. The summed E-state index contributed by atoms with van der Waals surface area (Å²) in [5.74, 6) is 0. The van der Waals surface area contributed by atoms with Gasteiger partial charge in [0.15, 0.2) is 0 Å². The van der Waals surface area contributed by atoms with Crippen molar-refractivity contribution in [3.63, 3.8) is 0 Å². The maximum absolute atomic E-state index is 11.7. The molecule has 94 valence electrons. The van der Waals surface area contributed by atoms with Crippen LogP contribution in [0.4, 0.5) is 5.69 Å². The van der Waals surface area contributed by atoms with E-state index in [1.165, 1.54) is 6.07 Å². The molecule has 1 N–H and O–H groups in total. The van der Waals surface area contributed by atoms with E-state index in [2.05, 4.69) is 4.72 Å². The summed E-state index contributed by atoms with van der Waals surface area (Å²) in [5, 5.41) is 10.8. The van der Waals surface area contributed by atoms with Crippen LogP contribution in [-0.2, 0) is 10.0 Å². The number of nitrogens with one attached hydrogen (secondary N) is 1. The van der Waals surface area contributed by atoms with Gasteiger partial charge in [0.2, 0.25) is 10.0 Å². The fraction of sp³-hybridized carbons (Fsp3) is 0.400. The van der Waals surface area contributed by atoms with Gasteiger partial charge in [-0.1, -0.05) is 6.92 Å². The minimum absolute atomic E-state index is 0.0749. The van der Waals surface area contributed by atoms with E-state index in [0.717, 1.165) is 6.07 Å². The predicted octanol–water partition coefficient (Wildman–Crippen LogP) is 1.51. The molecule has 0 heterocycles. The lowest BCUT2D eigenvalue weighted by Gasteiger charge is -2.07. The first-order valence-corrected chi connectivity index (χ1v) is 6.53. The molecule has 0 aromatic heterocycles. The third-order valence-electron chi connectivity index (χ3n) is 2.45. The van der Waals surface area contributed by atoms with E-state index in [1.54, 1.807) is 20.8 Å². The lowest BCUT2D eigenvalue weighted by molar-refractivity contribution is -0.385. The third-order valence-corrected chi connectivity index (χ3v) is 3.98. The number of nitrogens with zero attached hydrogens (tertiary/aromatic N) is 1. The first-order valence-electron chi connectivity index (χ1n) is 5.05. The minimum atomic E-state index is -3.66. The van der Waals surface area contributed by atoms with Gasteiger partial charge in [0.05, 0.1) is 9.82 Å². The molecule has 0 atom stereocenters. The van der Waals surface area contributed by atoms with Crippen LogP contribution in [0.3, 0.4) is 0 Å². The monoisotopic (exact) mass is 258 g/mol. The van der Waals surface area contributed by atoms with E-state index in [4.69, 9.17) is 0 Å². The number of benzene rings is 1. The van der Waals surface area contributed by atoms with E-state index in [0.29, 0.717) is 11.1 Å². The van der Waals surface area contributed by atoms with Crippen LogP contribution in [0.15, 0.2) is 17.0 Å². The number of nitro benzene ring substituents is 1. The minimum Gasteiger partial charge on any atom is -0.258 e. The van der Waals surface area contributed by atoms with Gasteiger partial charge in [-0.25, -0.2) is 13.1 Å². The molecule has 0 spiro atoms. The van der Waals surface area contributed by atoms with E-state index in [-0.39, 0.29) is 17.1 Å². The molecule has 6 nitrogen and oxygen atoms in total. The Balaban J connectivity index is 3.44. The molecule has 0 aliphatic heterocycles. The van der Waals surface area contributed by atoms with Crippen molar-refractivity contribution in [1.82, 2.24) is 4.72 Å². The van der Waals surface area contributed by atoms with Crippen molar-refractivity contribution in [2.75, 3.05) is 6.54 Å². The Hall–Kier alpha value is -1.47. The Kier molecular flexibility index (Phi) is 3.84. The maximum atomic E-state index is 11.7. The van der Waals surface area contributed by atoms with Crippen molar-refractivity contribution >= 4 is 15.7 Å². The lowest BCUT2D eigenvalue weighted by atomic mass is 10.1. The van der Waals surface area contributed by atoms with Gasteiger partial charge in [-0.2, -0.15) is 0 Å². The molecule has 0 aliphatic rings. The zero-order chi connectivity index (χ0) is 13.2. The molecule has 1 rings (SSSR count). The Bertz CT molecular complexity index is 552. The predicted molar refractivity (Wildman–Crippen MR) is 63.4 cm³/mol. The van der Waals surface area contributed by atoms with Gasteiger partial charge >= 0.3 is 0 Å². The Labute approximate surface area is 99.9 Å². The van der Waals surface area contributed by atoms with Crippen molar-refractivity contribution in [1.29, 1.82) is 0 Å². The van der Waals surface area contributed by atoms with Gasteiger partial charge in [-0.3, -0.25) is 10.1 Å². The molecule has 1 aromatic carbocycles. The van der Waals surface area contributed by atoms with Gasteiger partial charge in [0, 0.05) is 18.2 Å². The highest BCUT2D eigenvalue weighted by Gasteiger charge is 2.20. The van der Waals surface area contributed by atoms with Crippen LogP contribution >= 0.6 is 0 Å². The molecule has 0 saturated heterocycles. The second-order valence-electron chi connectivity index (χ2n) is 3.64. The van der Waals surface area contributed by atoms with Gasteiger partial charge in [0.1, 0.15) is 0 Å². The molecule has 0 saturated carbocycles. The first-order chi connectivity index (χ1) is 7.79. The number of hydrogen-bond donors (Lipinski definition) is 1. The van der Waals surface area contributed by atoms with E-state index < -0.39 is 14.9 Å². The largest absolute Gasteiger partial charge is 0.273 e. The van der Waals surface area contributed by atoms with Crippen molar-refractivity contribution in [2.24, 2.45) is 0 Å². The summed E-state index contributed by atoms with van der Waals surface area (Å²) in [5.41, 5.74) is 0.877. The van der Waals surface area contributed by atoms with Crippen LogP contribution in [0.5, 0.6) is 0 Å². The number of sulfonamides is 1. The molecule has 0 bridgehead atoms. The van der Waals surface area contributed by atoms with Crippen LogP contribution in [0.2, 0.25) is 0 Å². The molecule has 0 unspecified atom stereocenters. The second kappa shape index (κ2) is 4.80. The number of nitro groups is 1. The van der Waals surface area contributed by atoms with Gasteiger partial charge in [-0.15, -0.1) is 0 Å². The molecule has 0 radical (unpaired) electrons. The van der Waals surface area contributed by atoms with E-state index in [9.17, 15) is 18.5 Å². The molecular weight excluding hydrogens is 244 g/mol. The zero-order valence-corrected chi connectivity index (χ0v) is 10.7. The molecule has 17 heavy (non-hydrogen) atoms. The van der Waals surface area contributed by atoms with Gasteiger partial charge in [-0.05, 0) is 25.5 Å². The molecule has 1 aromatic rings. The summed E-state index contributed by atoms with van der Waals surface area (Å²) in [4.78, 5) is 10.2. The highest BCUT2D eigenvalue weighted by Crippen LogP contribution is 2.25. The van der Waals surface area contributed by atoms with Crippen LogP contribution in [0.1, 0.15) is 18.1 Å². The standard InChI is InChI=1S/C10H14N2O4S/c1-4-11-17(15,16)9-5-7(2)8(3)10(6-9)12(13)14/h5-6,11H,4H2,1-3H3. The number of aryl methyl sites for hydroxylation is 1. The normalized spacial score (nSPS) is 11.5. The number of rotatable bonds is 4. The van der Waals surface area contributed by atoms with E-state index in [1.807, 2.05) is 0 Å². The maximum Gasteiger partial charge on any atom is 0.273 e. The third kappa shape index (κ3) is 2.80. The van der Waals surface area contributed by atoms with Crippen molar-refractivity contribution in [2.45, 2.75) is 25.7 Å².